The maximum atomic E-state index is 12.3. The lowest BCUT2D eigenvalue weighted by atomic mass is 10.2. The zero-order valence-corrected chi connectivity index (χ0v) is 13.9. The molecule has 0 unspecified atom stereocenters. The maximum absolute atomic E-state index is 12.3. The first-order valence-electron chi connectivity index (χ1n) is 7.69. The third kappa shape index (κ3) is 3.55. The van der Waals surface area contributed by atoms with Crippen LogP contribution >= 0.6 is 0 Å². The SMILES string of the molecule is Cc1ccc(-n2ncc(C(=O)NNC(=O)c3ccccn3)c2C)cc1. The molecule has 126 valence electrons. The van der Waals surface area contributed by atoms with Crippen LogP contribution in [0.4, 0.5) is 0 Å². The fraction of sp³-hybridized carbons (Fsp3) is 0.111. The number of amides is 2. The summed E-state index contributed by atoms with van der Waals surface area (Å²) in [6.45, 7) is 3.80. The van der Waals surface area contributed by atoms with Gasteiger partial charge in [-0.15, -0.1) is 0 Å². The van der Waals surface area contributed by atoms with Crippen LogP contribution in [0.5, 0.6) is 0 Å². The molecule has 0 radical (unpaired) electrons. The van der Waals surface area contributed by atoms with E-state index in [1.165, 1.54) is 12.4 Å². The first-order chi connectivity index (χ1) is 12.1. The van der Waals surface area contributed by atoms with Gasteiger partial charge in [0.1, 0.15) is 5.69 Å². The van der Waals surface area contributed by atoms with Gasteiger partial charge in [0.2, 0.25) is 0 Å². The number of pyridine rings is 1. The van der Waals surface area contributed by atoms with Crippen LogP contribution in [0.3, 0.4) is 0 Å². The molecule has 0 bridgehead atoms. The molecule has 3 rings (SSSR count). The monoisotopic (exact) mass is 335 g/mol. The number of carbonyl (C=O) groups is 2. The molecule has 2 aromatic heterocycles. The van der Waals surface area contributed by atoms with E-state index < -0.39 is 11.8 Å². The lowest BCUT2D eigenvalue weighted by Gasteiger charge is -2.08. The Morgan fingerprint density at radius 3 is 2.36 bits per heavy atom. The number of hydrogen-bond donors (Lipinski definition) is 2. The Morgan fingerprint density at radius 1 is 0.960 bits per heavy atom. The van der Waals surface area contributed by atoms with E-state index in [0.29, 0.717) is 11.3 Å². The zero-order valence-electron chi connectivity index (χ0n) is 13.9. The summed E-state index contributed by atoms with van der Waals surface area (Å²) in [6.07, 6.45) is 2.98. The normalized spacial score (nSPS) is 10.3. The molecular formula is C18H17N5O2. The van der Waals surface area contributed by atoms with Crippen molar-refractivity contribution < 1.29 is 9.59 Å². The van der Waals surface area contributed by atoms with Crippen LogP contribution < -0.4 is 10.9 Å². The largest absolute Gasteiger partial charge is 0.288 e. The number of benzene rings is 1. The molecule has 1 aromatic carbocycles. The summed E-state index contributed by atoms with van der Waals surface area (Å²) in [7, 11) is 0. The van der Waals surface area contributed by atoms with Crippen molar-refractivity contribution in [1.82, 2.24) is 25.6 Å². The molecule has 0 aliphatic rings. The average molecular weight is 335 g/mol. The Hall–Kier alpha value is -3.48. The lowest BCUT2D eigenvalue weighted by Crippen LogP contribution is -2.42. The van der Waals surface area contributed by atoms with Gasteiger partial charge in [-0.25, -0.2) is 4.68 Å². The Labute approximate surface area is 144 Å². The summed E-state index contributed by atoms with van der Waals surface area (Å²) in [5.74, 6) is -0.933. The molecule has 0 fully saturated rings. The van der Waals surface area contributed by atoms with Gasteiger partial charge in [-0.2, -0.15) is 5.10 Å². The van der Waals surface area contributed by atoms with Crippen molar-refractivity contribution in [2.75, 3.05) is 0 Å². The summed E-state index contributed by atoms with van der Waals surface area (Å²) >= 11 is 0. The molecule has 7 nitrogen and oxygen atoms in total. The molecule has 0 saturated heterocycles. The molecule has 0 atom stereocenters. The van der Waals surface area contributed by atoms with Crippen LogP contribution in [0, 0.1) is 13.8 Å². The minimum atomic E-state index is -0.488. The number of rotatable bonds is 3. The Bertz CT molecular complexity index is 901. The summed E-state index contributed by atoms with van der Waals surface area (Å²) in [5.41, 5.74) is 7.99. The molecule has 0 saturated carbocycles. The molecule has 2 N–H and O–H groups in total. The van der Waals surface area contributed by atoms with Crippen molar-refractivity contribution in [3.8, 4) is 5.69 Å². The number of hydrazine groups is 1. The van der Waals surface area contributed by atoms with Crippen molar-refractivity contribution in [3.63, 3.8) is 0 Å². The van der Waals surface area contributed by atoms with Crippen LogP contribution in [0.15, 0.2) is 54.9 Å². The van der Waals surface area contributed by atoms with Crippen LogP contribution in [0.2, 0.25) is 0 Å². The molecule has 2 amide bonds. The van der Waals surface area contributed by atoms with Gasteiger partial charge < -0.3 is 0 Å². The molecule has 0 aliphatic carbocycles. The van der Waals surface area contributed by atoms with Crippen LogP contribution in [0.25, 0.3) is 5.69 Å². The Morgan fingerprint density at radius 2 is 1.68 bits per heavy atom. The highest BCUT2D eigenvalue weighted by Gasteiger charge is 2.16. The van der Waals surface area contributed by atoms with E-state index >= 15 is 0 Å². The van der Waals surface area contributed by atoms with Crippen molar-refractivity contribution in [3.05, 3.63) is 77.4 Å². The number of hydrogen-bond acceptors (Lipinski definition) is 4. The standard InChI is InChI=1S/C18H17N5O2/c1-12-6-8-14(9-7-12)23-13(2)15(11-20-23)17(24)21-22-18(25)16-5-3-4-10-19-16/h3-11H,1-2H3,(H,21,24)(H,22,25). The number of aromatic nitrogens is 3. The molecule has 3 aromatic rings. The molecule has 25 heavy (non-hydrogen) atoms. The van der Waals surface area contributed by atoms with Gasteiger partial charge in [0, 0.05) is 6.20 Å². The molecule has 7 heteroatoms. The van der Waals surface area contributed by atoms with E-state index in [1.54, 1.807) is 29.8 Å². The molecule has 0 aliphatic heterocycles. The second kappa shape index (κ2) is 6.96. The van der Waals surface area contributed by atoms with E-state index in [4.69, 9.17) is 0 Å². The Balaban J connectivity index is 1.71. The first kappa shape index (κ1) is 16.4. The fourth-order valence-electron chi connectivity index (χ4n) is 2.32. The van der Waals surface area contributed by atoms with E-state index in [2.05, 4.69) is 20.9 Å². The molecular weight excluding hydrogens is 318 g/mol. The maximum Gasteiger partial charge on any atom is 0.288 e. The summed E-state index contributed by atoms with van der Waals surface area (Å²) in [6, 6.07) is 12.8. The minimum Gasteiger partial charge on any atom is -0.267 e. The quantitative estimate of drug-likeness (QED) is 0.716. The van der Waals surface area contributed by atoms with Gasteiger partial charge in [-0.1, -0.05) is 23.8 Å². The fourth-order valence-corrected chi connectivity index (χ4v) is 2.32. The minimum absolute atomic E-state index is 0.217. The van der Waals surface area contributed by atoms with Gasteiger partial charge in [0.25, 0.3) is 11.8 Å². The van der Waals surface area contributed by atoms with E-state index in [1.807, 2.05) is 31.2 Å². The van der Waals surface area contributed by atoms with E-state index in [0.717, 1.165) is 11.3 Å². The van der Waals surface area contributed by atoms with Gasteiger partial charge in [0.15, 0.2) is 0 Å². The number of carbonyl (C=O) groups excluding carboxylic acids is 2. The predicted octanol–water partition coefficient (Wildman–Crippen LogP) is 1.96. The first-order valence-corrected chi connectivity index (χ1v) is 7.69. The highest BCUT2D eigenvalue weighted by atomic mass is 16.2. The lowest BCUT2D eigenvalue weighted by molar-refractivity contribution is 0.0843. The van der Waals surface area contributed by atoms with Crippen molar-refractivity contribution in [2.24, 2.45) is 0 Å². The summed E-state index contributed by atoms with van der Waals surface area (Å²) in [5, 5.41) is 4.25. The molecule has 2 heterocycles. The third-order valence-electron chi connectivity index (χ3n) is 3.72. The van der Waals surface area contributed by atoms with E-state index in [-0.39, 0.29) is 5.69 Å². The van der Waals surface area contributed by atoms with E-state index in [9.17, 15) is 9.59 Å². The number of aryl methyl sites for hydroxylation is 1. The highest BCUT2D eigenvalue weighted by molar-refractivity contribution is 5.98. The zero-order chi connectivity index (χ0) is 17.8. The second-order valence-corrected chi connectivity index (χ2v) is 5.51. The van der Waals surface area contributed by atoms with Crippen molar-refractivity contribution >= 4 is 11.8 Å². The van der Waals surface area contributed by atoms with Gasteiger partial charge in [-0.05, 0) is 38.1 Å². The highest BCUT2D eigenvalue weighted by Crippen LogP contribution is 2.14. The average Bonchev–Trinajstić information content (AvgIpc) is 3.02. The van der Waals surface area contributed by atoms with Crippen LogP contribution in [-0.2, 0) is 0 Å². The van der Waals surface area contributed by atoms with Crippen LogP contribution in [-0.4, -0.2) is 26.6 Å². The number of nitrogens with one attached hydrogen (secondary N) is 2. The van der Waals surface area contributed by atoms with Gasteiger partial charge >= 0.3 is 0 Å². The van der Waals surface area contributed by atoms with Crippen molar-refractivity contribution in [1.29, 1.82) is 0 Å². The van der Waals surface area contributed by atoms with Gasteiger partial charge in [-0.3, -0.25) is 25.4 Å². The Kier molecular flexibility index (Phi) is 4.56. The number of nitrogens with zero attached hydrogens (tertiary/aromatic N) is 3. The smallest absolute Gasteiger partial charge is 0.267 e. The third-order valence-corrected chi connectivity index (χ3v) is 3.72. The topological polar surface area (TPSA) is 88.9 Å². The predicted molar refractivity (Wildman–Crippen MR) is 92.2 cm³/mol. The van der Waals surface area contributed by atoms with Crippen LogP contribution in [0.1, 0.15) is 32.1 Å². The second-order valence-electron chi connectivity index (χ2n) is 5.51. The van der Waals surface area contributed by atoms with Gasteiger partial charge in [0.05, 0.1) is 23.1 Å². The summed E-state index contributed by atoms with van der Waals surface area (Å²) in [4.78, 5) is 28.1. The summed E-state index contributed by atoms with van der Waals surface area (Å²) < 4.78 is 1.68. The van der Waals surface area contributed by atoms with Crippen molar-refractivity contribution in [2.45, 2.75) is 13.8 Å². The molecule has 0 spiro atoms.